The molecule has 0 saturated carbocycles. The minimum absolute atomic E-state index is 0.0117. The van der Waals surface area contributed by atoms with Crippen LogP contribution in [-0.2, 0) is 14.3 Å². The Morgan fingerprint density at radius 3 is 2.38 bits per heavy atom. The van der Waals surface area contributed by atoms with Gasteiger partial charge in [0, 0.05) is 18.7 Å². The van der Waals surface area contributed by atoms with E-state index < -0.39 is 23.5 Å². The van der Waals surface area contributed by atoms with Gasteiger partial charge in [-0.15, -0.1) is 0 Å². The van der Waals surface area contributed by atoms with Crippen molar-refractivity contribution in [1.29, 1.82) is 0 Å². The number of hydrogen-bond donors (Lipinski definition) is 1. The average Bonchev–Trinajstić information content (AvgIpc) is 2.96. The third kappa shape index (κ3) is 4.54. The van der Waals surface area contributed by atoms with Crippen molar-refractivity contribution in [1.82, 2.24) is 4.90 Å². The molecule has 1 saturated heterocycles. The van der Waals surface area contributed by atoms with Gasteiger partial charge in [0.05, 0.1) is 17.7 Å². The number of likely N-dealkylation sites (tertiary alicyclic amines) is 1. The SMILES string of the molecule is CC(C)OCCCN1C(=O)C(=O)/C(=C(\O)c2ccccc2)C1c1ccc(F)cc1. The Kier molecular flexibility index (Phi) is 6.44. The Bertz CT molecular complexity index is 906. The molecule has 0 aromatic heterocycles. The molecule has 0 bridgehead atoms. The second-order valence-electron chi connectivity index (χ2n) is 7.18. The maximum Gasteiger partial charge on any atom is 0.295 e. The number of aliphatic hydroxyl groups is 1. The first kappa shape index (κ1) is 20.7. The monoisotopic (exact) mass is 397 g/mol. The lowest BCUT2D eigenvalue weighted by atomic mass is 9.95. The van der Waals surface area contributed by atoms with Crippen molar-refractivity contribution in [2.45, 2.75) is 32.4 Å². The minimum Gasteiger partial charge on any atom is -0.507 e. The molecule has 1 aliphatic rings. The highest BCUT2D eigenvalue weighted by atomic mass is 19.1. The fourth-order valence-electron chi connectivity index (χ4n) is 3.41. The van der Waals surface area contributed by atoms with Gasteiger partial charge in [0.1, 0.15) is 11.6 Å². The Balaban J connectivity index is 2.00. The molecule has 1 atom stereocenters. The highest BCUT2D eigenvalue weighted by Crippen LogP contribution is 2.39. The van der Waals surface area contributed by atoms with Gasteiger partial charge < -0.3 is 14.7 Å². The van der Waals surface area contributed by atoms with Crippen molar-refractivity contribution in [3.05, 3.63) is 77.1 Å². The van der Waals surface area contributed by atoms with E-state index in [9.17, 15) is 19.1 Å². The van der Waals surface area contributed by atoms with Crippen LogP contribution < -0.4 is 0 Å². The molecule has 1 aliphatic heterocycles. The molecule has 1 heterocycles. The molecule has 1 fully saturated rings. The molecule has 0 radical (unpaired) electrons. The number of ketones is 1. The quantitative estimate of drug-likeness (QED) is 0.331. The summed E-state index contributed by atoms with van der Waals surface area (Å²) in [6.07, 6.45) is 0.602. The summed E-state index contributed by atoms with van der Waals surface area (Å²) in [6, 6.07) is 13.4. The summed E-state index contributed by atoms with van der Waals surface area (Å²) in [5.41, 5.74) is 1.02. The van der Waals surface area contributed by atoms with Crippen molar-refractivity contribution >= 4 is 17.4 Å². The number of amides is 1. The fraction of sp³-hybridized carbons (Fsp3) is 0.304. The van der Waals surface area contributed by atoms with E-state index >= 15 is 0 Å². The van der Waals surface area contributed by atoms with E-state index in [1.165, 1.54) is 29.2 Å². The normalized spacial score (nSPS) is 18.6. The van der Waals surface area contributed by atoms with Gasteiger partial charge >= 0.3 is 0 Å². The molecule has 2 aromatic carbocycles. The zero-order chi connectivity index (χ0) is 21.0. The molecule has 0 aliphatic carbocycles. The molecule has 3 rings (SSSR count). The van der Waals surface area contributed by atoms with Gasteiger partial charge in [0.2, 0.25) is 0 Å². The van der Waals surface area contributed by atoms with E-state index in [2.05, 4.69) is 0 Å². The van der Waals surface area contributed by atoms with Gasteiger partial charge in [0.15, 0.2) is 0 Å². The van der Waals surface area contributed by atoms with Crippen LogP contribution in [0.25, 0.3) is 5.76 Å². The number of rotatable bonds is 7. The molecule has 1 N–H and O–H groups in total. The number of nitrogens with zero attached hydrogens (tertiary/aromatic N) is 1. The van der Waals surface area contributed by atoms with Crippen LogP contribution in [0.1, 0.15) is 37.4 Å². The number of halogens is 1. The molecule has 152 valence electrons. The first-order valence-corrected chi connectivity index (χ1v) is 9.61. The topological polar surface area (TPSA) is 66.8 Å². The first-order chi connectivity index (χ1) is 13.9. The summed E-state index contributed by atoms with van der Waals surface area (Å²) in [5.74, 6) is -2.08. The summed E-state index contributed by atoms with van der Waals surface area (Å²) >= 11 is 0. The summed E-state index contributed by atoms with van der Waals surface area (Å²) in [5, 5.41) is 10.8. The van der Waals surface area contributed by atoms with Crippen molar-refractivity contribution in [2.24, 2.45) is 0 Å². The number of ether oxygens (including phenoxy) is 1. The molecular formula is C23H24FNO4. The van der Waals surface area contributed by atoms with Crippen molar-refractivity contribution < 1.29 is 23.8 Å². The third-order valence-corrected chi connectivity index (χ3v) is 4.77. The van der Waals surface area contributed by atoms with Crippen LogP contribution >= 0.6 is 0 Å². The standard InChI is InChI=1S/C23H24FNO4/c1-15(2)29-14-6-13-25-20(16-9-11-18(24)12-10-16)19(22(27)23(25)28)21(26)17-7-4-3-5-8-17/h3-5,7-12,15,20,26H,6,13-14H2,1-2H3/b21-19-. The van der Waals surface area contributed by atoms with Crippen LogP contribution in [0, 0.1) is 5.82 Å². The van der Waals surface area contributed by atoms with Gasteiger partial charge in [-0.25, -0.2) is 4.39 Å². The molecular weight excluding hydrogens is 373 g/mol. The van der Waals surface area contributed by atoms with E-state index in [0.717, 1.165) is 0 Å². The molecule has 0 spiro atoms. The van der Waals surface area contributed by atoms with Crippen LogP contribution in [0.2, 0.25) is 0 Å². The fourth-order valence-corrected chi connectivity index (χ4v) is 3.41. The van der Waals surface area contributed by atoms with Crippen LogP contribution in [-0.4, -0.2) is 41.0 Å². The van der Waals surface area contributed by atoms with Crippen LogP contribution in [0.5, 0.6) is 0 Å². The van der Waals surface area contributed by atoms with Gasteiger partial charge in [-0.2, -0.15) is 0 Å². The van der Waals surface area contributed by atoms with E-state index in [0.29, 0.717) is 24.2 Å². The molecule has 5 nitrogen and oxygen atoms in total. The number of hydrogen-bond acceptors (Lipinski definition) is 4. The maximum absolute atomic E-state index is 13.4. The van der Waals surface area contributed by atoms with E-state index in [-0.39, 0.29) is 24.0 Å². The number of benzene rings is 2. The average molecular weight is 397 g/mol. The smallest absolute Gasteiger partial charge is 0.295 e. The van der Waals surface area contributed by atoms with Crippen LogP contribution in [0.4, 0.5) is 4.39 Å². The number of Topliss-reactive ketones (excluding diaryl/α,β-unsaturated/α-hetero) is 1. The maximum atomic E-state index is 13.4. The molecule has 1 unspecified atom stereocenters. The summed E-state index contributed by atoms with van der Waals surface area (Å²) in [4.78, 5) is 27.0. The second-order valence-corrected chi connectivity index (χ2v) is 7.18. The van der Waals surface area contributed by atoms with Crippen LogP contribution in [0.15, 0.2) is 60.2 Å². The summed E-state index contributed by atoms with van der Waals surface area (Å²) < 4.78 is 19.0. The summed E-state index contributed by atoms with van der Waals surface area (Å²) in [6.45, 7) is 4.57. The van der Waals surface area contributed by atoms with E-state index in [4.69, 9.17) is 4.74 Å². The minimum atomic E-state index is -0.783. The van der Waals surface area contributed by atoms with E-state index in [1.807, 2.05) is 13.8 Å². The Morgan fingerprint density at radius 2 is 1.76 bits per heavy atom. The number of carbonyl (C=O) groups is 2. The van der Waals surface area contributed by atoms with Crippen molar-refractivity contribution in [2.75, 3.05) is 13.2 Å². The van der Waals surface area contributed by atoms with Gasteiger partial charge in [-0.05, 0) is 38.0 Å². The number of aliphatic hydroxyl groups excluding tert-OH is 1. The predicted octanol–water partition coefficient (Wildman–Crippen LogP) is 4.06. The highest BCUT2D eigenvalue weighted by Gasteiger charge is 2.45. The zero-order valence-corrected chi connectivity index (χ0v) is 16.5. The van der Waals surface area contributed by atoms with E-state index in [1.54, 1.807) is 30.3 Å². The Labute approximate surface area is 169 Å². The molecule has 1 amide bonds. The second kappa shape index (κ2) is 9.01. The Hall–Kier alpha value is -2.99. The highest BCUT2D eigenvalue weighted by molar-refractivity contribution is 6.46. The van der Waals surface area contributed by atoms with Gasteiger partial charge in [-0.3, -0.25) is 9.59 Å². The third-order valence-electron chi connectivity index (χ3n) is 4.77. The van der Waals surface area contributed by atoms with Gasteiger partial charge in [0.25, 0.3) is 11.7 Å². The lowest BCUT2D eigenvalue weighted by Crippen LogP contribution is -2.31. The van der Waals surface area contributed by atoms with Crippen molar-refractivity contribution in [3.8, 4) is 0 Å². The molecule has 2 aromatic rings. The van der Waals surface area contributed by atoms with Crippen LogP contribution in [0.3, 0.4) is 0 Å². The molecule has 6 heteroatoms. The van der Waals surface area contributed by atoms with Crippen molar-refractivity contribution in [3.63, 3.8) is 0 Å². The predicted molar refractivity (Wildman–Crippen MR) is 108 cm³/mol. The lowest BCUT2D eigenvalue weighted by Gasteiger charge is -2.25. The lowest BCUT2D eigenvalue weighted by molar-refractivity contribution is -0.140. The first-order valence-electron chi connectivity index (χ1n) is 9.61. The summed E-state index contributed by atoms with van der Waals surface area (Å²) in [7, 11) is 0. The largest absolute Gasteiger partial charge is 0.507 e. The van der Waals surface area contributed by atoms with Gasteiger partial charge in [-0.1, -0.05) is 42.5 Å². The number of carbonyl (C=O) groups excluding carboxylic acids is 2. The Morgan fingerprint density at radius 1 is 1.10 bits per heavy atom. The zero-order valence-electron chi connectivity index (χ0n) is 16.5. The molecule has 29 heavy (non-hydrogen) atoms.